The molecule has 6 nitrogen and oxygen atoms in total. The Kier molecular flexibility index (Phi) is 5.43. The van der Waals surface area contributed by atoms with Crippen LogP contribution in [0.3, 0.4) is 0 Å². The zero-order valence-corrected chi connectivity index (χ0v) is 15.3. The fourth-order valence-corrected chi connectivity index (χ4v) is 3.39. The second-order valence-corrected chi connectivity index (χ2v) is 7.24. The van der Waals surface area contributed by atoms with E-state index < -0.39 is 0 Å². The molecule has 2 amide bonds. The highest BCUT2D eigenvalue weighted by molar-refractivity contribution is 7.99. The molecule has 0 spiro atoms. The molecule has 0 aliphatic heterocycles. The maximum absolute atomic E-state index is 12.3. The van der Waals surface area contributed by atoms with Crippen LogP contribution in [0.5, 0.6) is 0 Å². The number of thioether (sulfide) groups is 1. The van der Waals surface area contributed by atoms with E-state index in [1.54, 1.807) is 13.2 Å². The molecule has 1 aliphatic rings. The second-order valence-electron chi connectivity index (χ2n) is 6.30. The van der Waals surface area contributed by atoms with Crippen molar-refractivity contribution in [2.24, 2.45) is 0 Å². The molecule has 1 saturated carbocycles. The van der Waals surface area contributed by atoms with Crippen molar-refractivity contribution in [2.45, 2.75) is 31.0 Å². The Bertz CT molecular complexity index is 753. The topological polar surface area (TPSA) is 67.2 Å². The number of anilines is 1. The van der Waals surface area contributed by atoms with Gasteiger partial charge in [0.1, 0.15) is 0 Å². The summed E-state index contributed by atoms with van der Waals surface area (Å²) in [5.74, 6) is -0.0171. The zero-order chi connectivity index (χ0) is 17.8. The van der Waals surface area contributed by atoms with Crippen molar-refractivity contribution in [1.29, 1.82) is 0 Å². The fraction of sp³-hybridized carbons (Fsp3) is 0.389. The Hall–Kier alpha value is -2.28. The van der Waals surface area contributed by atoms with E-state index in [-0.39, 0.29) is 24.1 Å². The van der Waals surface area contributed by atoms with E-state index >= 15 is 0 Å². The Morgan fingerprint density at radius 3 is 2.72 bits per heavy atom. The predicted octanol–water partition coefficient (Wildman–Crippen LogP) is 2.72. The number of hydrogen-bond donors (Lipinski definition) is 1. The van der Waals surface area contributed by atoms with Crippen molar-refractivity contribution < 1.29 is 9.59 Å². The van der Waals surface area contributed by atoms with Gasteiger partial charge in [-0.15, -0.1) is 0 Å². The first-order valence-corrected chi connectivity index (χ1v) is 9.27. The molecule has 7 heteroatoms. The lowest BCUT2D eigenvalue weighted by atomic mass is 10.2. The number of amides is 2. The van der Waals surface area contributed by atoms with Gasteiger partial charge < -0.3 is 14.8 Å². The number of likely N-dealkylation sites (N-methyl/N-ethyl adjacent to an activating group) is 1. The number of hydrogen-bond acceptors (Lipinski definition) is 4. The minimum atomic E-state index is -0.204. The molecule has 0 radical (unpaired) electrons. The number of rotatable bonds is 7. The monoisotopic (exact) mass is 358 g/mol. The highest BCUT2D eigenvalue weighted by atomic mass is 32.2. The standard InChI is InChI=1S/C18H22N4O2S/c1-13-3-5-14(6-4-13)20-16(23)11-21(2)17(24)12-25-18-19-9-10-22(18)15-7-8-15/h3-6,9-10,15H,7-8,11-12H2,1-2H3,(H,20,23). The van der Waals surface area contributed by atoms with Crippen LogP contribution in [0.2, 0.25) is 0 Å². The van der Waals surface area contributed by atoms with Gasteiger partial charge in [-0.05, 0) is 31.9 Å². The number of aromatic nitrogens is 2. The fourth-order valence-electron chi connectivity index (χ4n) is 2.42. The van der Waals surface area contributed by atoms with Crippen LogP contribution < -0.4 is 5.32 Å². The third kappa shape index (κ3) is 4.85. The Labute approximate surface area is 151 Å². The molecule has 1 fully saturated rings. The normalized spacial score (nSPS) is 13.5. The lowest BCUT2D eigenvalue weighted by Gasteiger charge is -2.16. The summed E-state index contributed by atoms with van der Waals surface area (Å²) in [6, 6.07) is 8.11. The van der Waals surface area contributed by atoms with E-state index in [1.807, 2.05) is 37.4 Å². The van der Waals surface area contributed by atoms with Crippen molar-refractivity contribution in [3.05, 3.63) is 42.2 Å². The lowest BCUT2D eigenvalue weighted by Crippen LogP contribution is -2.36. The van der Waals surface area contributed by atoms with Crippen LogP contribution in [-0.2, 0) is 9.59 Å². The van der Waals surface area contributed by atoms with Gasteiger partial charge >= 0.3 is 0 Å². The van der Waals surface area contributed by atoms with Gasteiger partial charge in [-0.2, -0.15) is 0 Å². The summed E-state index contributed by atoms with van der Waals surface area (Å²) in [5, 5.41) is 3.67. The molecule has 0 saturated heterocycles. The lowest BCUT2D eigenvalue weighted by molar-refractivity contribution is -0.131. The molecular formula is C18H22N4O2S. The third-order valence-electron chi connectivity index (χ3n) is 4.04. The quantitative estimate of drug-likeness (QED) is 0.773. The molecule has 1 aromatic carbocycles. The summed E-state index contributed by atoms with van der Waals surface area (Å²) >= 11 is 1.42. The minimum Gasteiger partial charge on any atom is -0.336 e. The van der Waals surface area contributed by atoms with Gasteiger partial charge in [-0.1, -0.05) is 29.5 Å². The molecular weight excluding hydrogens is 336 g/mol. The summed E-state index contributed by atoms with van der Waals surface area (Å²) in [6.07, 6.45) is 6.08. The Morgan fingerprint density at radius 1 is 1.32 bits per heavy atom. The molecule has 25 heavy (non-hydrogen) atoms. The zero-order valence-electron chi connectivity index (χ0n) is 14.4. The van der Waals surface area contributed by atoms with E-state index in [2.05, 4.69) is 14.9 Å². The molecule has 3 rings (SSSR count). The SMILES string of the molecule is Cc1ccc(NC(=O)CN(C)C(=O)CSc2nccn2C2CC2)cc1. The molecule has 0 bridgehead atoms. The Balaban J connectivity index is 1.46. The van der Waals surface area contributed by atoms with Crippen LogP contribution in [0.4, 0.5) is 5.69 Å². The summed E-state index contributed by atoms with van der Waals surface area (Å²) in [6.45, 7) is 2.02. The molecule has 1 N–H and O–H groups in total. The maximum atomic E-state index is 12.3. The first kappa shape index (κ1) is 17.5. The number of benzene rings is 1. The van der Waals surface area contributed by atoms with E-state index in [0.717, 1.165) is 16.4 Å². The first-order valence-electron chi connectivity index (χ1n) is 8.29. The van der Waals surface area contributed by atoms with Crippen LogP contribution >= 0.6 is 11.8 Å². The minimum absolute atomic E-state index is 0.0321. The summed E-state index contributed by atoms with van der Waals surface area (Å²) in [4.78, 5) is 30.1. The molecule has 1 aromatic heterocycles. The van der Waals surface area contributed by atoms with Gasteiger partial charge in [0.2, 0.25) is 11.8 Å². The second kappa shape index (κ2) is 7.74. The summed E-state index contributed by atoms with van der Waals surface area (Å²) in [7, 11) is 1.64. The summed E-state index contributed by atoms with van der Waals surface area (Å²) in [5.41, 5.74) is 1.86. The van der Waals surface area contributed by atoms with Crippen molar-refractivity contribution >= 4 is 29.3 Å². The molecule has 1 heterocycles. The van der Waals surface area contributed by atoms with Gasteiger partial charge in [0, 0.05) is 31.2 Å². The van der Waals surface area contributed by atoms with Gasteiger partial charge in [0.15, 0.2) is 5.16 Å². The van der Waals surface area contributed by atoms with E-state index in [0.29, 0.717) is 6.04 Å². The highest BCUT2D eigenvalue weighted by Crippen LogP contribution is 2.37. The highest BCUT2D eigenvalue weighted by Gasteiger charge is 2.26. The van der Waals surface area contributed by atoms with Crippen molar-refractivity contribution in [3.63, 3.8) is 0 Å². The number of carbonyl (C=O) groups is 2. The van der Waals surface area contributed by atoms with Gasteiger partial charge in [0.05, 0.1) is 12.3 Å². The largest absolute Gasteiger partial charge is 0.336 e. The number of carbonyl (C=O) groups excluding carboxylic acids is 2. The number of aryl methyl sites for hydroxylation is 1. The van der Waals surface area contributed by atoms with Gasteiger partial charge in [0.25, 0.3) is 0 Å². The van der Waals surface area contributed by atoms with E-state index in [1.165, 1.54) is 29.5 Å². The molecule has 0 atom stereocenters. The van der Waals surface area contributed by atoms with Crippen LogP contribution in [0.1, 0.15) is 24.4 Å². The van der Waals surface area contributed by atoms with Crippen molar-refractivity contribution in [3.8, 4) is 0 Å². The van der Waals surface area contributed by atoms with Crippen molar-refractivity contribution in [2.75, 3.05) is 24.7 Å². The maximum Gasteiger partial charge on any atom is 0.243 e. The number of nitrogens with zero attached hydrogens (tertiary/aromatic N) is 3. The van der Waals surface area contributed by atoms with Crippen LogP contribution in [0.15, 0.2) is 41.8 Å². The molecule has 2 aromatic rings. The van der Waals surface area contributed by atoms with Crippen LogP contribution in [0.25, 0.3) is 0 Å². The van der Waals surface area contributed by atoms with E-state index in [9.17, 15) is 9.59 Å². The van der Waals surface area contributed by atoms with Crippen LogP contribution in [-0.4, -0.2) is 45.6 Å². The molecule has 132 valence electrons. The van der Waals surface area contributed by atoms with Gasteiger partial charge in [-0.25, -0.2) is 4.98 Å². The smallest absolute Gasteiger partial charge is 0.243 e. The average molecular weight is 358 g/mol. The summed E-state index contributed by atoms with van der Waals surface area (Å²) < 4.78 is 2.13. The molecule has 0 unspecified atom stereocenters. The average Bonchev–Trinajstić information content (AvgIpc) is 3.32. The van der Waals surface area contributed by atoms with Crippen LogP contribution in [0, 0.1) is 6.92 Å². The molecule has 1 aliphatic carbocycles. The number of imidazole rings is 1. The van der Waals surface area contributed by atoms with Crippen molar-refractivity contribution in [1.82, 2.24) is 14.5 Å². The predicted molar refractivity (Wildman–Crippen MR) is 98.7 cm³/mol. The third-order valence-corrected chi connectivity index (χ3v) is 5.01. The van der Waals surface area contributed by atoms with Gasteiger partial charge in [-0.3, -0.25) is 9.59 Å². The Morgan fingerprint density at radius 2 is 2.04 bits per heavy atom. The van der Waals surface area contributed by atoms with E-state index in [4.69, 9.17) is 0 Å². The number of nitrogens with one attached hydrogen (secondary N) is 1. The first-order chi connectivity index (χ1) is 12.0.